The molecule has 20 heavy (non-hydrogen) atoms. The molecule has 1 rings (SSSR count). The van der Waals surface area contributed by atoms with Gasteiger partial charge in [-0.1, -0.05) is 34.6 Å². The summed E-state index contributed by atoms with van der Waals surface area (Å²) in [4.78, 5) is 11.5. The largest absolute Gasteiger partial charge is 0.463 e. The van der Waals surface area contributed by atoms with Crippen molar-refractivity contribution >= 4 is 27.6 Å². The van der Waals surface area contributed by atoms with Gasteiger partial charge in [-0.15, -0.1) is 0 Å². The lowest BCUT2D eigenvalue weighted by Crippen LogP contribution is -2.17. The maximum atomic E-state index is 11.5. The van der Waals surface area contributed by atoms with Crippen LogP contribution < -0.4 is 0 Å². The molecular weight excluding hydrogens is 296 g/mol. The topological polar surface area (TPSA) is 55.8 Å². The lowest BCUT2D eigenvalue weighted by molar-refractivity contribution is -0.148. The minimum atomic E-state index is -0.976. The van der Waals surface area contributed by atoms with Gasteiger partial charge in [0.05, 0.1) is 6.61 Å². The summed E-state index contributed by atoms with van der Waals surface area (Å²) >= 11 is 0. The fourth-order valence-corrected chi connectivity index (χ4v) is 4.76. The zero-order valence-electron chi connectivity index (χ0n) is 12.0. The van der Waals surface area contributed by atoms with Crippen LogP contribution in [0.25, 0.3) is 0 Å². The van der Waals surface area contributed by atoms with Gasteiger partial charge in [-0.25, -0.2) is 0 Å². The minimum Gasteiger partial charge on any atom is -0.463 e. The third kappa shape index (κ3) is 8.19. The van der Waals surface area contributed by atoms with Gasteiger partial charge in [0, 0.05) is 17.4 Å². The molecule has 1 fully saturated rings. The molecule has 1 N–H and O–H groups in total. The van der Waals surface area contributed by atoms with Crippen molar-refractivity contribution in [1.82, 2.24) is 0 Å². The van der Waals surface area contributed by atoms with Crippen LogP contribution in [0.5, 0.6) is 0 Å². The van der Waals surface area contributed by atoms with Gasteiger partial charge in [-0.05, 0) is 31.8 Å². The average Bonchev–Trinajstić information content (AvgIpc) is 2.92. The molecule has 6 heteroatoms. The minimum absolute atomic E-state index is 0.179. The normalized spacial score (nSPS) is 19.8. The second kappa shape index (κ2) is 10.5. The molecular formula is C14H24O4S2. The van der Waals surface area contributed by atoms with Crippen molar-refractivity contribution in [3.05, 3.63) is 12.2 Å². The van der Waals surface area contributed by atoms with E-state index in [4.69, 9.17) is 9.47 Å². The third-order valence-electron chi connectivity index (χ3n) is 2.93. The van der Waals surface area contributed by atoms with Crippen molar-refractivity contribution in [2.45, 2.75) is 50.6 Å². The summed E-state index contributed by atoms with van der Waals surface area (Å²) in [5, 5.41) is 10.1. The maximum absolute atomic E-state index is 11.5. The van der Waals surface area contributed by atoms with E-state index < -0.39 is 6.29 Å². The van der Waals surface area contributed by atoms with Crippen LogP contribution in [-0.2, 0) is 14.3 Å². The predicted octanol–water partition coefficient (Wildman–Crippen LogP) is 3.15. The van der Waals surface area contributed by atoms with Crippen LogP contribution in [-0.4, -0.2) is 41.6 Å². The lowest BCUT2D eigenvalue weighted by atomic mass is 10.1. The van der Waals surface area contributed by atoms with Crippen molar-refractivity contribution in [1.29, 1.82) is 0 Å². The Morgan fingerprint density at radius 1 is 1.45 bits per heavy atom. The highest BCUT2D eigenvalue weighted by Gasteiger charge is 2.15. The molecule has 2 unspecified atom stereocenters. The summed E-state index contributed by atoms with van der Waals surface area (Å²) in [6.45, 7) is 5.61. The van der Waals surface area contributed by atoms with E-state index in [0.717, 1.165) is 18.1 Å². The van der Waals surface area contributed by atoms with Gasteiger partial charge in [0.25, 0.3) is 0 Å². The van der Waals surface area contributed by atoms with Crippen molar-refractivity contribution < 1.29 is 19.4 Å². The Morgan fingerprint density at radius 2 is 2.25 bits per heavy atom. The fraction of sp³-hybridized carbons (Fsp3) is 0.786. The lowest BCUT2D eigenvalue weighted by Gasteiger charge is -2.11. The third-order valence-corrected chi connectivity index (χ3v) is 5.93. The van der Waals surface area contributed by atoms with Gasteiger partial charge >= 0.3 is 5.97 Å². The van der Waals surface area contributed by atoms with E-state index in [9.17, 15) is 9.90 Å². The number of aliphatic hydroxyl groups excluding tert-OH is 1. The second-order valence-electron chi connectivity index (χ2n) is 4.86. The molecule has 1 aliphatic heterocycles. The molecule has 0 aliphatic carbocycles. The Labute approximate surface area is 129 Å². The van der Waals surface area contributed by atoms with Gasteiger partial charge in [0.1, 0.15) is 6.61 Å². The van der Waals surface area contributed by atoms with Crippen molar-refractivity contribution in [2.75, 3.05) is 19.0 Å². The number of aliphatic hydroxyl groups is 1. The molecule has 0 amide bonds. The fourth-order valence-electron chi connectivity index (χ4n) is 1.74. The summed E-state index contributed by atoms with van der Waals surface area (Å²) < 4.78 is 10.1. The van der Waals surface area contributed by atoms with E-state index in [2.05, 4.69) is 6.58 Å². The predicted molar refractivity (Wildman–Crippen MR) is 84.7 cm³/mol. The van der Waals surface area contributed by atoms with Crippen LogP contribution in [0, 0.1) is 0 Å². The molecule has 1 saturated heterocycles. The Kier molecular flexibility index (Phi) is 9.42. The molecule has 0 aromatic carbocycles. The molecule has 0 aromatic heterocycles. The monoisotopic (exact) mass is 320 g/mol. The Morgan fingerprint density at radius 3 is 2.90 bits per heavy atom. The average molecular weight is 320 g/mol. The molecule has 0 aromatic rings. The number of esters is 1. The van der Waals surface area contributed by atoms with Crippen LogP contribution >= 0.6 is 21.6 Å². The highest BCUT2D eigenvalue weighted by Crippen LogP contribution is 2.39. The van der Waals surface area contributed by atoms with Gasteiger partial charge in [-0.3, -0.25) is 4.79 Å². The molecule has 1 heterocycles. The number of rotatable bonds is 10. The van der Waals surface area contributed by atoms with Gasteiger partial charge < -0.3 is 14.6 Å². The number of carbonyl (C=O) groups excluding carboxylic acids is 1. The number of carbonyl (C=O) groups is 1. The Bertz CT molecular complexity index is 304. The van der Waals surface area contributed by atoms with E-state index in [1.54, 1.807) is 6.92 Å². The van der Waals surface area contributed by atoms with Crippen LogP contribution in [0.3, 0.4) is 0 Å². The van der Waals surface area contributed by atoms with Crippen molar-refractivity contribution in [2.24, 2.45) is 0 Å². The molecule has 0 saturated carbocycles. The van der Waals surface area contributed by atoms with Gasteiger partial charge in [-0.2, -0.15) is 0 Å². The first-order valence-electron chi connectivity index (χ1n) is 6.98. The van der Waals surface area contributed by atoms with E-state index in [1.165, 1.54) is 18.6 Å². The molecule has 1 aliphatic rings. The van der Waals surface area contributed by atoms with E-state index >= 15 is 0 Å². The standard InChI is InChI=1S/C14H24O4S2/c1-11(2)14(16)18-9-8-17-13(15)6-4-3-5-12-7-10-19-20-12/h12,14,16H,1,3-10H2,2H3. The Balaban J connectivity index is 1.91. The van der Waals surface area contributed by atoms with Crippen LogP contribution in [0.1, 0.15) is 39.0 Å². The number of unbranched alkanes of at least 4 members (excludes halogenated alkanes) is 1. The molecule has 0 spiro atoms. The molecule has 2 atom stereocenters. The molecule has 4 nitrogen and oxygen atoms in total. The second-order valence-corrected chi connectivity index (χ2v) is 7.65. The summed E-state index contributed by atoms with van der Waals surface area (Å²) in [7, 11) is 3.93. The first-order chi connectivity index (χ1) is 9.59. The summed E-state index contributed by atoms with van der Waals surface area (Å²) in [6.07, 6.45) is 3.94. The highest BCUT2D eigenvalue weighted by atomic mass is 33.1. The van der Waals surface area contributed by atoms with E-state index in [-0.39, 0.29) is 19.2 Å². The van der Waals surface area contributed by atoms with Crippen molar-refractivity contribution in [3.8, 4) is 0 Å². The number of ether oxygens (including phenoxy) is 2. The summed E-state index contributed by atoms with van der Waals surface area (Å²) in [5.74, 6) is 1.07. The SMILES string of the molecule is C=C(C)C(O)OCCOC(=O)CCCCC1CCSS1. The van der Waals surface area contributed by atoms with Crippen LogP contribution in [0.2, 0.25) is 0 Å². The number of hydrogen-bond acceptors (Lipinski definition) is 6. The maximum Gasteiger partial charge on any atom is 0.305 e. The first-order valence-corrected chi connectivity index (χ1v) is 9.36. The van der Waals surface area contributed by atoms with E-state index in [0.29, 0.717) is 12.0 Å². The number of hydrogen-bond donors (Lipinski definition) is 1. The van der Waals surface area contributed by atoms with Crippen LogP contribution in [0.15, 0.2) is 12.2 Å². The van der Waals surface area contributed by atoms with Crippen LogP contribution in [0.4, 0.5) is 0 Å². The smallest absolute Gasteiger partial charge is 0.305 e. The summed E-state index contributed by atoms with van der Waals surface area (Å²) in [6, 6.07) is 0. The summed E-state index contributed by atoms with van der Waals surface area (Å²) in [5.41, 5.74) is 0.541. The first kappa shape index (κ1) is 17.9. The molecule has 0 bridgehead atoms. The highest BCUT2D eigenvalue weighted by molar-refractivity contribution is 8.77. The Hall–Kier alpha value is -0.170. The van der Waals surface area contributed by atoms with Gasteiger partial charge in [0.15, 0.2) is 6.29 Å². The zero-order chi connectivity index (χ0) is 14.8. The quantitative estimate of drug-likeness (QED) is 0.219. The molecule has 0 radical (unpaired) electrons. The van der Waals surface area contributed by atoms with Gasteiger partial charge in [0.2, 0.25) is 0 Å². The van der Waals surface area contributed by atoms with Crippen molar-refractivity contribution in [3.63, 3.8) is 0 Å². The zero-order valence-corrected chi connectivity index (χ0v) is 13.6. The molecule has 116 valence electrons. The van der Waals surface area contributed by atoms with E-state index in [1.807, 2.05) is 21.6 Å².